The van der Waals surface area contributed by atoms with E-state index in [0.717, 1.165) is 24.4 Å². The lowest BCUT2D eigenvalue weighted by molar-refractivity contribution is 0.960. The Morgan fingerprint density at radius 3 is 3.06 bits per heavy atom. The molecule has 16 heavy (non-hydrogen) atoms. The van der Waals surface area contributed by atoms with E-state index in [4.69, 9.17) is 0 Å². The third kappa shape index (κ3) is 2.53. The lowest BCUT2D eigenvalue weighted by Crippen LogP contribution is -1.83. The molecule has 0 fully saturated rings. The number of hydrogen-bond donors (Lipinski definition) is 1. The number of hydrogen-bond acceptors (Lipinski definition) is 3. The van der Waals surface area contributed by atoms with Gasteiger partial charge in [0.15, 0.2) is 5.82 Å². The van der Waals surface area contributed by atoms with Gasteiger partial charge in [-0.15, -0.1) is 0 Å². The van der Waals surface area contributed by atoms with Crippen molar-refractivity contribution >= 4 is 6.08 Å². The van der Waals surface area contributed by atoms with E-state index >= 15 is 0 Å². The fourth-order valence-corrected chi connectivity index (χ4v) is 1.32. The standard InChI is InChI=1S/C12H14N4/c1-2-3-4-8-11-14-12(16-15-11)10-7-5-6-9-13-10/h4-9H,2-3H2,1H3,(H,14,15,16)/b8-4+. The average Bonchev–Trinajstić information content (AvgIpc) is 2.79. The van der Waals surface area contributed by atoms with Crippen LogP contribution in [0.4, 0.5) is 0 Å². The molecule has 4 heteroatoms. The molecule has 2 aromatic heterocycles. The molecule has 0 bridgehead atoms. The first-order chi connectivity index (χ1) is 7.90. The van der Waals surface area contributed by atoms with E-state index in [-0.39, 0.29) is 0 Å². The summed E-state index contributed by atoms with van der Waals surface area (Å²) in [5.41, 5.74) is 0.786. The number of H-pyrrole nitrogens is 1. The summed E-state index contributed by atoms with van der Waals surface area (Å²) in [6, 6.07) is 5.69. The molecule has 0 saturated carbocycles. The van der Waals surface area contributed by atoms with E-state index in [1.54, 1.807) is 6.20 Å². The molecule has 1 N–H and O–H groups in total. The van der Waals surface area contributed by atoms with Crippen molar-refractivity contribution in [1.29, 1.82) is 0 Å². The van der Waals surface area contributed by atoms with Crippen LogP contribution in [0.5, 0.6) is 0 Å². The molecule has 2 rings (SSSR count). The van der Waals surface area contributed by atoms with Crippen molar-refractivity contribution in [3.05, 3.63) is 36.3 Å². The smallest absolute Gasteiger partial charge is 0.200 e. The van der Waals surface area contributed by atoms with Crippen LogP contribution in [0.15, 0.2) is 30.5 Å². The van der Waals surface area contributed by atoms with Gasteiger partial charge in [0.1, 0.15) is 11.5 Å². The molecule has 0 spiro atoms. The average molecular weight is 214 g/mol. The SMILES string of the molecule is CCC/C=C/c1nc(-c2ccccn2)n[nH]1. The lowest BCUT2D eigenvalue weighted by atomic mass is 10.3. The Bertz CT molecular complexity index is 459. The first-order valence-corrected chi connectivity index (χ1v) is 5.40. The summed E-state index contributed by atoms with van der Waals surface area (Å²) in [5, 5.41) is 6.99. The largest absolute Gasteiger partial charge is 0.259 e. The van der Waals surface area contributed by atoms with Crippen molar-refractivity contribution in [3.63, 3.8) is 0 Å². The second-order valence-electron chi connectivity index (χ2n) is 3.45. The van der Waals surface area contributed by atoms with Crippen molar-refractivity contribution in [2.75, 3.05) is 0 Å². The van der Waals surface area contributed by atoms with Crippen molar-refractivity contribution in [3.8, 4) is 11.5 Å². The summed E-state index contributed by atoms with van der Waals surface area (Å²) in [7, 11) is 0. The van der Waals surface area contributed by atoms with E-state index < -0.39 is 0 Å². The molecule has 0 saturated heterocycles. The van der Waals surface area contributed by atoms with Gasteiger partial charge in [-0.2, -0.15) is 5.10 Å². The van der Waals surface area contributed by atoms with Crippen LogP contribution in [0, 0.1) is 0 Å². The number of rotatable bonds is 4. The molecule has 0 aliphatic carbocycles. The molecule has 0 aliphatic heterocycles. The number of nitrogens with zero attached hydrogens (tertiary/aromatic N) is 3. The van der Waals surface area contributed by atoms with Crippen LogP contribution in [0.25, 0.3) is 17.6 Å². The van der Waals surface area contributed by atoms with Crippen LogP contribution >= 0.6 is 0 Å². The van der Waals surface area contributed by atoms with Crippen molar-refractivity contribution in [2.24, 2.45) is 0 Å². The Kier molecular flexibility index (Phi) is 3.43. The van der Waals surface area contributed by atoms with Gasteiger partial charge in [0.25, 0.3) is 0 Å². The molecule has 0 amide bonds. The zero-order valence-electron chi connectivity index (χ0n) is 9.22. The van der Waals surface area contributed by atoms with Gasteiger partial charge in [-0.25, -0.2) is 4.98 Å². The zero-order valence-corrected chi connectivity index (χ0v) is 9.22. The Labute approximate surface area is 94.5 Å². The van der Waals surface area contributed by atoms with Crippen LogP contribution in [0.1, 0.15) is 25.6 Å². The predicted molar refractivity (Wildman–Crippen MR) is 63.6 cm³/mol. The molecular formula is C12H14N4. The van der Waals surface area contributed by atoms with Crippen molar-refractivity contribution < 1.29 is 0 Å². The Hall–Kier alpha value is -1.97. The van der Waals surface area contributed by atoms with E-state index in [9.17, 15) is 0 Å². The molecular weight excluding hydrogens is 200 g/mol. The van der Waals surface area contributed by atoms with Crippen LogP contribution in [-0.4, -0.2) is 20.2 Å². The highest BCUT2D eigenvalue weighted by molar-refractivity contribution is 5.51. The van der Waals surface area contributed by atoms with E-state index in [2.05, 4.69) is 33.2 Å². The lowest BCUT2D eigenvalue weighted by Gasteiger charge is -1.90. The zero-order chi connectivity index (χ0) is 11.2. The Morgan fingerprint density at radius 2 is 2.31 bits per heavy atom. The molecule has 2 heterocycles. The normalized spacial score (nSPS) is 11.1. The number of nitrogens with one attached hydrogen (secondary N) is 1. The minimum absolute atomic E-state index is 0.636. The monoisotopic (exact) mass is 214 g/mol. The second kappa shape index (κ2) is 5.21. The maximum atomic E-state index is 4.34. The fraction of sp³-hybridized carbons (Fsp3) is 0.250. The summed E-state index contributed by atoms with van der Waals surface area (Å²) in [6.45, 7) is 2.14. The van der Waals surface area contributed by atoms with Crippen molar-refractivity contribution in [2.45, 2.75) is 19.8 Å². The molecule has 0 unspecified atom stereocenters. The summed E-state index contributed by atoms with van der Waals surface area (Å²) in [5.74, 6) is 1.41. The Balaban J connectivity index is 2.14. The van der Waals surface area contributed by atoms with Gasteiger partial charge in [-0.1, -0.05) is 25.5 Å². The fourth-order valence-electron chi connectivity index (χ4n) is 1.32. The molecule has 4 nitrogen and oxygen atoms in total. The topological polar surface area (TPSA) is 54.5 Å². The first-order valence-electron chi connectivity index (χ1n) is 5.40. The molecule has 0 aliphatic rings. The summed E-state index contributed by atoms with van der Waals surface area (Å²) in [6.07, 6.45) is 7.96. The van der Waals surface area contributed by atoms with Crippen LogP contribution < -0.4 is 0 Å². The van der Waals surface area contributed by atoms with Gasteiger partial charge < -0.3 is 0 Å². The number of allylic oxidation sites excluding steroid dienone is 1. The van der Waals surface area contributed by atoms with E-state index in [0.29, 0.717) is 5.82 Å². The molecule has 0 atom stereocenters. The second-order valence-corrected chi connectivity index (χ2v) is 3.45. The predicted octanol–water partition coefficient (Wildman–Crippen LogP) is 2.68. The highest BCUT2D eigenvalue weighted by Gasteiger charge is 2.03. The van der Waals surface area contributed by atoms with E-state index in [1.807, 2.05) is 24.3 Å². The number of aromatic nitrogens is 4. The van der Waals surface area contributed by atoms with Crippen molar-refractivity contribution in [1.82, 2.24) is 20.2 Å². The molecule has 0 aromatic carbocycles. The maximum absolute atomic E-state index is 4.34. The number of aromatic amines is 1. The summed E-state index contributed by atoms with van der Waals surface area (Å²) >= 11 is 0. The van der Waals surface area contributed by atoms with Gasteiger partial charge in [-0.3, -0.25) is 10.1 Å². The minimum Gasteiger partial charge on any atom is -0.259 e. The van der Waals surface area contributed by atoms with Gasteiger partial charge in [0.2, 0.25) is 0 Å². The van der Waals surface area contributed by atoms with Crippen LogP contribution in [0.2, 0.25) is 0 Å². The van der Waals surface area contributed by atoms with Crippen LogP contribution in [0.3, 0.4) is 0 Å². The molecule has 0 radical (unpaired) electrons. The van der Waals surface area contributed by atoms with Crippen LogP contribution in [-0.2, 0) is 0 Å². The van der Waals surface area contributed by atoms with Gasteiger partial charge in [0.05, 0.1) is 0 Å². The highest BCUT2D eigenvalue weighted by atomic mass is 15.2. The Morgan fingerprint density at radius 1 is 1.38 bits per heavy atom. The summed E-state index contributed by atoms with van der Waals surface area (Å²) in [4.78, 5) is 8.53. The number of pyridine rings is 1. The van der Waals surface area contributed by atoms with Gasteiger partial charge in [-0.05, 0) is 24.6 Å². The van der Waals surface area contributed by atoms with E-state index in [1.165, 1.54) is 0 Å². The third-order valence-corrected chi connectivity index (χ3v) is 2.13. The highest BCUT2D eigenvalue weighted by Crippen LogP contribution is 2.10. The quantitative estimate of drug-likeness (QED) is 0.851. The van der Waals surface area contributed by atoms with Gasteiger partial charge >= 0.3 is 0 Å². The third-order valence-electron chi connectivity index (χ3n) is 2.13. The molecule has 82 valence electrons. The van der Waals surface area contributed by atoms with Gasteiger partial charge in [0, 0.05) is 6.20 Å². The molecule has 2 aromatic rings. The summed E-state index contributed by atoms with van der Waals surface area (Å²) < 4.78 is 0. The first kappa shape index (κ1) is 10.5. The minimum atomic E-state index is 0.636. The maximum Gasteiger partial charge on any atom is 0.200 e. The number of unbranched alkanes of at least 4 members (excludes halogenated alkanes) is 1.